The summed E-state index contributed by atoms with van der Waals surface area (Å²) in [6, 6.07) is 14.0. The molecule has 0 unspecified atom stereocenters. The van der Waals surface area contributed by atoms with Gasteiger partial charge in [-0.15, -0.1) is 0 Å². The lowest BCUT2D eigenvalue weighted by Gasteiger charge is -2.29. The van der Waals surface area contributed by atoms with Gasteiger partial charge < -0.3 is 19.9 Å². The average Bonchev–Trinajstić information content (AvgIpc) is 3.32. The molecule has 5 aromatic rings. The number of ether oxygens (including phenoxy) is 1. The number of pyridine rings is 2. The first-order chi connectivity index (χ1) is 18.5. The van der Waals surface area contributed by atoms with Crippen LogP contribution in [0, 0.1) is 13.8 Å². The van der Waals surface area contributed by atoms with Crippen LogP contribution in [0.2, 0.25) is 0 Å². The second-order valence-corrected chi connectivity index (χ2v) is 9.39. The molecule has 0 spiro atoms. The number of aryl methyl sites for hydroxylation is 2. The van der Waals surface area contributed by atoms with Crippen LogP contribution in [0.5, 0.6) is 0 Å². The van der Waals surface area contributed by atoms with Gasteiger partial charge in [0, 0.05) is 49.3 Å². The molecule has 0 atom stereocenters. The number of hydrogen-bond donors (Lipinski definition) is 2. The minimum absolute atomic E-state index is 0.0233. The van der Waals surface area contributed by atoms with E-state index in [4.69, 9.17) is 4.74 Å². The molecule has 0 bridgehead atoms. The molecule has 2 N–H and O–H groups in total. The highest BCUT2D eigenvalue weighted by atomic mass is 16.5. The average molecular weight is 510 g/mol. The lowest BCUT2D eigenvalue weighted by atomic mass is 10.1. The standard InChI is InChI=1S/C28H27N7O3/c1-17-12-24-32-18(2)25-26(36)22(16-30-27(25)35(24)33-17)28(37)31-15-19-6-7-23(29-14-19)20-4-3-5-21(13-20)34-8-10-38-11-9-34/h3-7,12-14,16H,8-11,15H2,1-2H3,(H,30,36)(H,31,37). The van der Waals surface area contributed by atoms with Gasteiger partial charge in [-0.05, 0) is 37.6 Å². The molecule has 0 saturated carbocycles. The number of aromatic amines is 1. The molecule has 0 radical (unpaired) electrons. The fraction of sp³-hybridized carbons (Fsp3) is 0.250. The van der Waals surface area contributed by atoms with E-state index >= 15 is 0 Å². The van der Waals surface area contributed by atoms with Crippen LogP contribution in [0.4, 0.5) is 5.69 Å². The van der Waals surface area contributed by atoms with Crippen molar-refractivity contribution in [3.05, 3.63) is 87.6 Å². The number of H-pyrrole nitrogens is 1. The van der Waals surface area contributed by atoms with Crippen molar-refractivity contribution in [2.75, 3.05) is 31.2 Å². The number of carbonyl (C=O) groups is 1. The zero-order valence-electron chi connectivity index (χ0n) is 21.2. The van der Waals surface area contributed by atoms with Crippen LogP contribution in [-0.2, 0) is 11.3 Å². The Hall–Kier alpha value is -4.57. The maximum Gasteiger partial charge on any atom is 0.257 e. The molecule has 38 heavy (non-hydrogen) atoms. The van der Waals surface area contributed by atoms with E-state index in [2.05, 4.69) is 42.4 Å². The van der Waals surface area contributed by atoms with Gasteiger partial charge in [0.1, 0.15) is 11.2 Å². The second kappa shape index (κ2) is 9.71. The van der Waals surface area contributed by atoms with E-state index < -0.39 is 5.91 Å². The molecule has 1 aliphatic rings. The van der Waals surface area contributed by atoms with Gasteiger partial charge in [0.05, 0.1) is 35.7 Å². The molecule has 1 aliphatic heterocycles. The third-order valence-corrected chi connectivity index (χ3v) is 6.77. The number of anilines is 1. The highest BCUT2D eigenvalue weighted by Crippen LogP contribution is 2.24. The first kappa shape index (κ1) is 23.8. The highest BCUT2D eigenvalue weighted by Gasteiger charge is 2.18. The van der Waals surface area contributed by atoms with Gasteiger partial charge in [-0.25, -0.2) is 4.98 Å². The molecule has 6 rings (SSSR count). The Morgan fingerprint density at radius 1 is 1.13 bits per heavy atom. The smallest absolute Gasteiger partial charge is 0.257 e. The van der Waals surface area contributed by atoms with Crippen molar-refractivity contribution in [3.63, 3.8) is 0 Å². The van der Waals surface area contributed by atoms with Crippen molar-refractivity contribution in [2.45, 2.75) is 20.4 Å². The van der Waals surface area contributed by atoms with E-state index in [-0.39, 0.29) is 17.5 Å². The minimum Gasteiger partial charge on any atom is -0.378 e. The fourth-order valence-corrected chi connectivity index (χ4v) is 4.81. The lowest BCUT2D eigenvalue weighted by Crippen LogP contribution is -2.36. The number of benzene rings is 1. The molecule has 4 aromatic heterocycles. The maximum atomic E-state index is 13.2. The molecule has 0 aliphatic carbocycles. The van der Waals surface area contributed by atoms with Crippen LogP contribution >= 0.6 is 0 Å². The second-order valence-electron chi connectivity index (χ2n) is 9.39. The normalized spacial score (nSPS) is 13.8. The summed E-state index contributed by atoms with van der Waals surface area (Å²) in [7, 11) is 0. The summed E-state index contributed by atoms with van der Waals surface area (Å²) in [5.74, 6) is -0.466. The number of nitrogens with zero attached hydrogens (tertiary/aromatic N) is 5. The molecule has 10 nitrogen and oxygen atoms in total. The van der Waals surface area contributed by atoms with Gasteiger partial charge in [0.25, 0.3) is 5.91 Å². The van der Waals surface area contributed by atoms with Crippen molar-refractivity contribution in [2.24, 2.45) is 0 Å². The van der Waals surface area contributed by atoms with E-state index in [0.29, 0.717) is 22.4 Å². The quantitative estimate of drug-likeness (QED) is 0.374. The molecule has 1 amide bonds. The summed E-state index contributed by atoms with van der Waals surface area (Å²) in [5, 5.41) is 7.58. The number of nitrogens with one attached hydrogen (secondary N) is 2. The number of fused-ring (bicyclic) bond motifs is 3. The zero-order chi connectivity index (χ0) is 26.2. The predicted octanol–water partition coefficient (Wildman–Crippen LogP) is 3.02. The molecular formula is C28H27N7O3. The Balaban J connectivity index is 1.18. The molecule has 1 aromatic carbocycles. The van der Waals surface area contributed by atoms with Crippen LogP contribution < -0.4 is 15.6 Å². The first-order valence-corrected chi connectivity index (χ1v) is 12.5. The Kier molecular flexibility index (Phi) is 6.09. The summed E-state index contributed by atoms with van der Waals surface area (Å²) in [4.78, 5) is 40.6. The zero-order valence-corrected chi connectivity index (χ0v) is 21.2. The first-order valence-electron chi connectivity index (χ1n) is 12.5. The van der Waals surface area contributed by atoms with Gasteiger partial charge in [-0.1, -0.05) is 18.2 Å². The summed E-state index contributed by atoms with van der Waals surface area (Å²) in [6.45, 7) is 7.08. The van der Waals surface area contributed by atoms with Gasteiger partial charge >= 0.3 is 0 Å². The lowest BCUT2D eigenvalue weighted by molar-refractivity contribution is 0.0949. The fourth-order valence-electron chi connectivity index (χ4n) is 4.81. The third-order valence-electron chi connectivity index (χ3n) is 6.77. The number of morpholine rings is 1. The number of aromatic nitrogens is 5. The van der Waals surface area contributed by atoms with Crippen LogP contribution in [0.3, 0.4) is 0 Å². The molecule has 1 saturated heterocycles. The number of carbonyl (C=O) groups excluding carboxylic acids is 1. The largest absolute Gasteiger partial charge is 0.378 e. The number of hydrogen-bond acceptors (Lipinski definition) is 7. The van der Waals surface area contributed by atoms with Crippen molar-refractivity contribution >= 4 is 28.3 Å². The summed E-state index contributed by atoms with van der Waals surface area (Å²) in [5.41, 5.74) is 5.98. The van der Waals surface area contributed by atoms with Gasteiger partial charge in [0.15, 0.2) is 5.65 Å². The molecular weight excluding hydrogens is 482 g/mol. The van der Waals surface area contributed by atoms with Crippen LogP contribution in [0.15, 0.2) is 59.7 Å². The minimum atomic E-state index is -0.466. The van der Waals surface area contributed by atoms with E-state index in [1.807, 2.05) is 37.3 Å². The van der Waals surface area contributed by atoms with E-state index in [0.717, 1.165) is 54.5 Å². The van der Waals surface area contributed by atoms with E-state index in [1.165, 1.54) is 6.20 Å². The van der Waals surface area contributed by atoms with Gasteiger partial charge in [-0.3, -0.25) is 14.6 Å². The number of rotatable bonds is 5. The molecule has 5 heterocycles. The SMILES string of the molecule is Cc1cc2nc(C)c3c(=O)c(C(=O)NCc4ccc(-c5cccc(N6CCOCC6)c5)nc4)c[nH]c3n2n1. The maximum absolute atomic E-state index is 13.2. The summed E-state index contributed by atoms with van der Waals surface area (Å²) >= 11 is 0. The number of amides is 1. The third kappa shape index (κ3) is 4.39. The topological polar surface area (TPSA) is 118 Å². The van der Waals surface area contributed by atoms with E-state index in [1.54, 1.807) is 17.6 Å². The molecule has 10 heteroatoms. The van der Waals surface area contributed by atoms with Crippen molar-refractivity contribution in [1.29, 1.82) is 0 Å². The highest BCUT2D eigenvalue weighted by molar-refractivity contribution is 5.97. The monoisotopic (exact) mass is 509 g/mol. The van der Waals surface area contributed by atoms with Crippen molar-refractivity contribution in [3.8, 4) is 11.3 Å². The summed E-state index contributed by atoms with van der Waals surface area (Å²) < 4.78 is 7.04. The van der Waals surface area contributed by atoms with Gasteiger partial charge in [-0.2, -0.15) is 9.61 Å². The Morgan fingerprint density at radius 3 is 2.76 bits per heavy atom. The predicted molar refractivity (Wildman–Crippen MR) is 144 cm³/mol. The van der Waals surface area contributed by atoms with E-state index in [9.17, 15) is 9.59 Å². The van der Waals surface area contributed by atoms with Gasteiger partial charge in [0.2, 0.25) is 5.43 Å². The van der Waals surface area contributed by atoms with Crippen molar-refractivity contribution < 1.29 is 9.53 Å². The summed E-state index contributed by atoms with van der Waals surface area (Å²) in [6.07, 6.45) is 3.17. The Morgan fingerprint density at radius 2 is 1.97 bits per heavy atom. The van der Waals surface area contributed by atoms with Crippen LogP contribution in [0.1, 0.15) is 27.3 Å². The van der Waals surface area contributed by atoms with Crippen LogP contribution in [-0.4, -0.2) is 56.8 Å². The Bertz CT molecular complexity index is 1720. The Labute approximate surface area is 218 Å². The van der Waals surface area contributed by atoms with Crippen molar-refractivity contribution in [1.82, 2.24) is 29.9 Å². The molecule has 192 valence electrons. The molecule has 1 fully saturated rings. The van der Waals surface area contributed by atoms with Crippen LogP contribution in [0.25, 0.3) is 27.9 Å².